The van der Waals surface area contributed by atoms with Gasteiger partial charge in [0.2, 0.25) is 5.88 Å². The Labute approximate surface area is 106 Å². The highest BCUT2D eigenvalue weighted by Crippen LogP contribution is 2.31. The van der Waals surface area contributed by atoms with Crippen LogP contribution < -0.4 is 10.5 Å². The summed E-state index contributed by atoms with van der Waals surface area (Å²) in [6, 6.07) is 3.77. The second kappa shape index (κ2) is 4.74. The van der Waals surface area contributed by atoms with Gasteiger partial charge in [0.25, 0.3) is 0 Å². The van der Waals surface area contributed by atoms with Gasteiger partial charge in [-0.3, -0.25) is 0 Å². The first-order valence-electron chi connectivity index (χ1n) is 5.64. The fourth-order valence-corrected chi connectivity index (χ4v) is 2.28. The van der Waals surface area contributed by atoms with Gasteiger partial charge in [0.1, 0.15) is 10.6 Å². The smallest absolute Gasteiger partial charge is 0.238 e. The molecule has 0 bridgehead atoms. The molecular weight excluding hydrogens is 236 g/mol. The average molecular weight is 254 g/mol. The summed E-state index contributed by atoms with van der Waals surface area (Å²) >= 11 is 1.71. The van der Waals surface area contributed by atoms with Crippen LogP contribution in [0.2, 0.25) is 0 Å². The molecule has 0 radical (unpaired) electrons. The largest absolute Gasteiger partial charge is 0.470 e. The number of nitrogens with zero attached hydrogens (tertiary/aromatic N) is 1. The van der Waals surface area contributed by atoms with Crippen molar-refractivity contribution in [2.24, 2.45) is 0 Å². The summed E-state index contributed by atoms with van der Waals surface area (Å²) < 4.78 is 10.9. The predicted molar refractivity (Wildman–Crippen MR) is 69.5 cm³/mol. The van der Waals surface area contributed by atoms with Crippen molar-refractivity contribution in [2.45, 2.75) is 36.6 Å². The number of rotatable bonds is 3. The van der Waals surface area contributed by atoms with Crippen molar-refractivity contribution >= 4 is 17.4 Å². The monoisotopic (exact) mass is 254 g/mol. The maximum Gasteiger partial charge on any atom is 0.238 e. The van der Waals surface area contributed by atoms with Gasteiger partial charge in [-0.05, 0) is 32.9 Å². The molecule has 94 valence electrons. The molecule has 0 aromatic carbocycles. The lowest BCUT2D eigenvalue weighted by molar-refractivity contribution is 0.0454. The lowest BCUT2D eigenvalue weighted by atomic mass is 10.2. The van der Waals surface area contributed by atoms with Gasteiger partial charge in [0.05, 0.1) is 24.2 Å². The van der Waals surface area contributed by atoms with Crippen LogP contribution in [0.4, 0.5) is 5.69 Å². The lowest BCUT2D eigenvalue weighted by Crippen LogP contribution is -2.30. The number of thioether (sulfide) groups is 1. The lowest BCUT2D eigenvalue weighted by Gasteiger charge is -2.25. The quantitative estimate of drug-likeness (QED) is 0.897. The number of hydrogen-bond acceptors (Lipinski definition) is 5. The Balaban J connectivity index is 2.10. The van der Waals surface area contributed by atoms with Crippen LogP contribution in [-0.4, -0.2) is 29.0 Å². The van der Waals surface area contributed by atoms with Crippen LogP contribution in [0.5, 0.6) is 5.88 Å². The van der Waals surface area contributed by atoms with E-state index in [-0.39, 0.29) is 5.60 Å². The molecule has 2 heterocycles. The van der Waals surface area contributed by atoms with Crippen molar-refractivity contribution in [1.82, 2.24) is 4.98 Å². The third-order valence-electron chi connectivity index (χ3n) is 2.16. The molecule has 0 spiro atoms. The molecule has 1 aliphatic heterocycles. The Hall–Kier alpha value is -0.940. The van der Waals surface area contributed by atoms with Crippen LogP contribution in [0.25, 0.3) is 0 Å². The van der Waals surface area contributed by atoms with E-state index in [4.69, 9.17) is 15.2 Å². The molecule has 0 saturated carbocycles. The minimum absolute atomic E-state index is 0.288. The molecule has 2 rings (SSSR count). The third-order valence-corrected chi connectivity index (χ3v) is 3.24. The van der Waals surface area contributed by atoms with Crippen molar-refractivity contribution in [3.8, 4) is 5.88 Å². The average Bonchev–Trinajstić information content (AvgIpc) is 2.14. The Bertz CT molecular complexity index is 400. The van der Waals surface area contributed by atoms with E-state index in [0.717, 1.165) is 18.2 Å². The van der Waals surface area contributed by atoms with Gasteiger partial charge in [0.15, 0.2) is 0 Å². The summed E-state index contributed by atoms with van der Waals surface area (Å²) in [5.41, 5.74) is 6.14. The SMILES string of the molecule is CC(C)(C)Oc1nc(SC2COC2)ccc1N. The highest BCUT2D eigenvalue weighted by Gasteiger charge is 2.21. The molecule has 0 unspecified atom stereocenters. The second-order valence-electron chi connectivity index (χ2n) is 5.04. The number of pyridine rings is 1. The maximum atomic E-state index is 5.85. The predicted octanol–water partition coefficient (Wildman–Crippen LogP) is 2.33. The van der Waals surface area contributed by atoms with Crippen LogP contribution in [0.1, 0.15) is 20.8 Å². The van der Waals surface area contributed by atoms with Crippen molar-refractivity contribution in [1.29, 1.82) is 0 Å². The van der Waals surface area contributed by atoms with Crippen LogP contribution in [-0.2, 0) is 4.74 Å². The fourth-order valence-electron chi connectivity index (χ4n) is 1.32. The minimum Gasteiger partial charge on any atom is -0.470 e. The standard InChI is InChI=1S/C12H18N2O2S/c1-12(2,3)16-11-9(13)4-5-10(14-11)17-8-6-15-7-8/h4-5,8H,6-7,13H2,1-3H3. The molecule has 1 aromatic heterocycles. The topological polar surface area (TPSA) is 57.4 Å². The highest BCUT2D eigenvalue weighted by atomic mass is 32.2. The Morgan fingerprint density at radius 3 is 2.65 bits per heavy atom. The Kier molecular flexibility index (Phi) is 3.49. The molecule has 0 aliphatic carbocycles. The molecule has 1 saturated heterocycles. The summed E-state index contributed by atoms with van der Waals surface area (Å²) in [6.45, 7) is 7.54. The van der Waals surface area contributed by atoms with Crippen LogP contribution >= 0.6 is 11.8 Å². The molecule has 5 heteroatoms. The highest BCUT2D eigenvalue weighted by molar-refractivity contribution is 8.00. The van der Waals surface area contributed by atoms with E-state index in [0.29, 0.717) is 16.8 Å². The van der Waals surface area contributed by atoms with E-state index < -0.39 is 0 Å². The van der Waals surface area contributed by atoms with E-state index in [2.05, 4.69) is 4.98 Å². The number of ether oxygens (including phenoxy) is 2. The number of nitrogen functional groups attached to an aromatic ring is 1. The van der Waals surface area contributed by atoms with E-state index in [1.807, 2.05) is 32.9 Å². The van der Waals surface area contributed by atoms with Gasteiger partial charge in [-0.25, -0.2) is 4.98 Å². The van der Waals surface area contributed by atoms with Crippen LogP contribution in [0, 0.1) is 0 Å². The second-order valence-corrected chi connectivity index (χ2v) is 6.36. The van der Waals surface area contributed by atoms with E-state index in [1.54, 1.807) is 11.8 Å². The number of aromatic nitrogens is 1. The number of hydrogen-bond donors (Lipinski definition) is 1. The summed E-state index contributed by atoms with van der Waals surface area (Å²) in [6.07, 6.45) is 0. The van der Waals surface area contributed by atoms with Crippen molar-refractivity contribution in [2.75, 3.05) is 18.9 Å². The van der Waals surface area contributed by atoms with E-state index in [9.17, 15) is 0 Å². The number of nitrogens with two attached hydrogens (primary N) is 1. The van der Waals surface area contributed by atoms with Crippen molar-refractivity contribution < 1.29 is 9.47 Å². The van der Waals surface area contributed by atoms with Gasteiger partial charge in [-0.1, -0.05) is 11.8 Å². The molecule has 0 amide bonds. The molecule has 2 N–H and O–H groups in total. The van der Waals surface area contributed by atoms with Gasteiger partial charge in [-0.2, -0.15) is 0 Å². The molecule has 4 nitrogen and oxygen atoms in total. The third kappa shape index (κ3) is 3.51. The fraction of sp³-hybridized carbons (Fsp3) is 0.583. The number of anilines is 1. The minimum atomic E-state index is -0.288. The molecule has 1 fully saturated rings. The summed E-state index contributed by atoms with van der Waals surface area (Å²) in [5, 5.41) is 1.44. The molecule has 0 atom stereocenters. The summed E-state index contributed by atoms with van der Waals surface area (Å²) in [5.74, 6) is 0.516. The first kappa shape index (κ1) is 12.5. The molecule has 17 heavy (non-hydrogen) atoms. The van der Waals surface area contributed by atoms with Gasteiger partial charge < -0.3 is 15.2 Å². The molecular formula is C12H18N2O2S. The van der Waals surface area contributed by atoms with E-state index >= 15 is 0 Å². The van der Waals surface area contributed by atoms with Crippen molar-refractivity contribution in [3.05, 3.63) is 12.1 Å². The Morgan fingerprint density at radius 1 is 1.41 bits per heavy atom. The zero-order valence-electron chi connectivity index (χ0n) is 10.4. The first-order chi connectivity index (χ1) is 7.94. The Morgan fingerprint density at radius 2 is 2.12 bits per heavy atom. The van der Waals surface area contributed by atoms with Gasteiger partial charge in [-0.15, -0.1) is 0 Å². The van der Waals surface area contributed by atoms with Crippen molar-refractivity contribution in [3.63, 3.8) is 0 Å². The zero-order chi connectivity index (χ0) is 12.5. The summed E-state index contributed by atoms with van der Waals surface area (Å²) in [4.78, 5) is 4.44. The van der Waals surface area contributed by atoms with E-state index in [1.165, 1.54) is 0 Å². The summed E-state index contributed by atoms with van der Waals surface area (Å²) in [7, 11) is 0. The maximum absolute atomic E-state index is 5.85. The van der Waals surface area contributed by atoms with Gasteiger partial charge >= 0.3 is 0 Å². The first-order valence-corrected chi connectivity index (χ1v) is 6.52. The van der Waals surface area contributed by atoms with Crippen LogP contribution in [0.15, 0.2) is 17.2 Å². The molecule has 1 aromatic rings. The van der Waals surface area contributed by atoms with Gasteiger partial charge in [0, 0.05) is 0 Å². The van der Waals surface area contributed by atoms with Crippen LogP contribution in [0.3, 0.4) is 0 Å². The zero-order valence-corrected chi connectivity index (χ0v) is 11.2. The molecule has 1 aliphatic rings. The normalized spacial score (nSPS) is 16.6.